The van der Waals surface area contributed by atoms with Crippen LogP contribution < -0.4 is 5.73 Å². The standard InChI is InChI=1S/C12H13N5S/c1-7-3-9-10(4-8(7)2)17(6-14-9)12-16-15-11(5-13)18-12/h3-4,6H,5,13H2,1-2H3. The molecule has 92 valence electrons. The van der Waals surface area contributed by atoms with Crippen LogP contribution >= 0.6 is 11.3 Å². The zero-order valence-corrected chi connectivity index (χ0v) is 11.0. The van der Waals surface area contributed by atoms with Gasteiger partial charge in [0.25, 0.3) is 0 Å². The Kier molecular flexibility index (Phi) is 2.61. The van der Waals surface area contributed by atoms with E-state index in [9.17, 15) is 0 Å². The molecule has 3 rings (SSSR count). The van der Waals surface area contributed by atoms with Crippen molar-refractivity contribution in [3.63, 3.8) is 0 Å². The number of hydrogen-bond acceptors (Lipinski definition) is 5. The minimum atomic E-state index is 0.419. The van der Waals surface area contributed by atoms with Gasteiger partial charge in [-0.3, -0.25) is 4.57 Å². The van der Waals surface area contributed by atoms with Gasteiger partial charge in [-0.25, -0.2) is 4.98 Å². The van der Waals surface area contributed by atoms with E-state index in [4.69, 9.17) is 5.73 Å². The zero-order chi connectivity index (χ0) is 12.7. The molecule has 0 saturated carbocycles. The van der Waals surface area contributed by atoms with Crippen molar-refractivity contribution in [2.45, 2.75) is 20.4 Å². The SMILES string of the molecule is Cc1cc2ncn(-c3nnc(CN)s3)c2cc1C. The lowest BCUT2D eigenvalue weighted by molar-refractivity contribution is 0.926. The van der Waals surface area contributed by atoms with Crippen LogP contribution in [0.4, 0.5) is 0 Å². The van der Waals surface area contributed by atoms with E-state index in [1.165, 1.54) is 22.5 Å². The maximum absolute atomic E-state index is 5.56. The highest BCUT2D eigenvalue weighted by Gasteiger charge is 2.10. The van der Waals surface area contributed by atoms with Crippen molar-refractivity contribution in [2.75, 3.05) is 0 Å². The van der Waals surface area contributed by atoms with E-state index in [2.05, 4.69) is 41.2 Å². The third-order valence-corrected chi connectivity index (χ3v) is 3.94. The smallest absolute Gasteiger partial charge is 0.218 e. The van der Waals surface area contributed by atoms with Crippen LogP contribution in [0.5, 0.6) is 0 Å². The van der Waals surface area contributed by atoms with Crippen molar-refractivity contribution in [2.24, 2.45) is 5.73 Å². The molecule has 0 aliphatic carbocycles. The summed E-state index contributed by atoms with van der Waals surface area (Å²) < 4.78 is 1.96. The van der Waals surface area contributed by atoms with E-state index in [1.807, 2.05) is 4.57 Å². The second-order valence-corrected chi connectivity index (χ2v) is 5.26. The van der Waals surface area contributed by atoms with Crippen molar-refractivity contribution in [1.82, 2.24) is 19.7 Å². The summed E-state index contributed by atoms with van der Waals surface area (Å²) in [4.78, 5) is 4.40. The van der Waals surface area contributed by atoms with Crippen LogP contribution in [-0.2, 0) is 6.54 Å². The molecule has 2 aromatic heterocycles. The van der Waals surface area contributed by atoms with E-state index < -0.39 is 0 Å². The minimum absolute atomic E-state index is 0.419. The third kappa shape index (κ3) is 1.70. The molecule has 0 radical (unpaired) electrons. The molecule has 3 aromatic rings. The molecule has 18 heavy (non-hydrogen) atoms. The Morgan fingerprint density at radius 2 is 2.00 bits per heavy atom. The highest BCUT2D eigenvalue weighted by atomic mass is 32.1. The molecule has 0 spiro atoms. The van der Waals surface area contributed by atoms with Gasteiger partial charge in [-0.05, 0) is 37.1 Å². The van der Waals surface area contributed by atoms with Gasteiger partial charge in [0.2, 0.25) is 5.13 Å². The molecule has 0 amide bonds. The number of nitrogens with zero attached hydrogens (tertiary/aromatic N) is 4. The van der Waals surface area contributed by atoms with Crippen LogP contribution in [0.3, 0.4) is 0 Å². The first-order chi connectivity index (χ1) is 8.69. The van der Waals surface area contributed by atoms with Crippen LogP contribution in [0.2, 0.25) is 0 Å². The van der Waals surface area contributed by atoms with Crippen molar-refractivity contribution in [3.05, 3.63) is 34.6 Å². The third-order valence-electron chi connectivity index (χ3n) is 3.00. The lowest BCUT2D eigenvalue weighted by atomic mass is 10.1. The quantitative estimate of drug-likeness (QED) is 0.763. The van der Waals surface area contributed by atoms with Crippen LogP contribution in [0.1, 0.15) is 16.1 Å². The Morgan fingerprint density at radius 1 is 1.22 bits per heavy atom. The molecule has 2 heterocycles. The molecular weight excluding hydrogens is 246 g/mol. The number of imidazole rings is 1. The predicted molar refractivity (Wildman–Crippen MR) is 71.9 cm³/mol. The van der Waals surface area contributed by atoms with E-state index >= 15 is 0 Å². The first-order valence-corrected chi connectivity index (χ1v) is 6.48. The Labute approximate surface area is 108 Å². The molecule has 0 saturated heterocycles. The van der Waals surface area contributed by atoms with Crippen LogP contribution in [0, 0.1) is 13.8 Å². The highest BCUT2D eigenvalue weighted by molar-refractivity contribution is 7.13. The van der Waals surface area contributed by atoms with Crippen molar-refractivity contribution < 1.29 is 0 Å². The zero-order valence-electron chi connectivity index (χ0n) is 10.2. The summed E-state index contributed by atoms with van der Waals surface area (Å²) in [6, 6.07) is 4.22. The normalized spacial score (nSPS) is 11.3. The van der Waals surface area contributed by atoms with Gasteiger partial charge in [0.15, 0.2) is 0 Å². The van der Waals surface area contributed by atoms with Crippen molar-refractivity contribution in [3.8, 4) is 5.13 Å². The largest absolute Gasteiger partial charge is 0.324 e. The molecule has 2 N–H and O–H groups in total. The molecular formula is C12H13N5S. The Hall–Kier alpha value is -1.79. The van der Waals surface area contributed by atoms with Gasteiger partial charge >= 0.3 is 0 Å². The summed E-state index contributed by atoms with van der Waals surface area (Å²) in [5.41, 5.74) is 10.1. The maximum atomic E-state index is 5.56. The molecule has 0 aliphatic heterocycles. The molecule has 1 aromatic carbocycles. The number of aromatic nitrogens is 4. The second kappa shape index (κ2) is 4.15. The lowest BCUT2D eigenvalue weighted by Crippen LogP contribution is -1.94. The summed E-state index contributed by atoms with van der Waals surface area (Å²) in [6.07, 6.45) is 1.78. The second-order valence-electron chi connectivity index (χ2n) is 4.22. The van der Waals surface area contributed by atoms with Gasteiger partial charge < -0.3 is 5.73 Å². The van der Waals surface area contributed by atoms with Gasteiger partial charge in [0.05, 0.1) is 11.0 Å². The number of fused-ring (bicyclic) bond motifs is 1. The van der Waals surface area contributed by atoms with E-state index in [0.29, 0.717) is 6.54 Å². The molecule has 6 heteroatoms. The molecule has 0 fully saturated rings. The van der Waals surface area contributed by atoms with Crippen molar-refractivity contribution >= 4 is 22.4 Å². The van der Waals surface area contributed by atoms with Crippen LogP contribution in [-0.4, -0.2) is 19.7 Å². The number of aryl methyl sites for hydroxylation is 2. The number of hydrogen-bond donors (Lipinski definition) is 1. The summed E-state index contributed by atoms with van der Waals surface area (Å²) >= 11 is 1.49. The average molecular weight is 259 g/mol. The Balaban J connectivity index is 2.20. The van der Waals surface area contributed by atoms with Gasteiger partial charge in [-0.1, -0.05) is 11.3 Å². The summed E-state index contributed by atoms with van der Waals surface area (Å²) in [7, 11) is 0. The summed E-state index contributed by atoms with van der Waals surface area (Å²) in [5, 5.41) is 9.81. The summed E-state index contributed by atoms with van der Waals surface area (Å²) in [6.45, 7) is 4.60. The predicted octanol–water partition coefficient (Wildman–Crippen LogP) is 1.95. The highest BCUT2D eigenvalue weighted by Crippen LogP contribution is 2.23. The summed E-state index contributed by atoms with van der Waals surface area (Å²) in [5.74, 6) is 0. The van der Waals surface area contributed by atoms with Crippen LogP contribution in [0.15, 0.2) is 18.5 Å². The monoisotopic (exact) mass is 259 g/mol. The molecule has 0 bridgehead atoms. The molecule has 0 atom stereocenters. The first-order valence-electron chi connectivity index (χ1n) is 5.66. The van der Waals surface area contributed by atoms with E-state index in [-0.39, 0.29) is 0 Å². The number of nitrogens with two attached hydrogens (primary N) is 1. The number of rotatable bonds is 2. The maximum Gasteiger partial charge on any atom is 0.218 e. The van der Waals surface area contributed by atoms with Crippen molar-refractivity contribution in [1.29, 1.82) is 0 Å². The van der Waals surface area contributed by atoms with E-state index in [1.54, 1.807) is 6.33 Å². The lowest BCUT2D eigenvalue weighted by Gasteiger charge is -2.01. The minimum Gasteiger partial charge on any atom is -0.324 e. The molecule has 0 unspecified atom stereocenters. The average Bonchev–Trinajstić information content (AvgIpc) is 2.96. The molecule has 5 nitrogen and oxygen atoms in total. The fourth-order valence-corrected chi connectivity index (χ4v) is 2.54. The van der Waals surface area contributed by atoms with Gasteiger partial charge in [-0.2, -0.15) is 0 Å². The van der Waals surface area contributed by atoms with Gasteiger partial charge in [-0.15, -0.1) is 10.2 Å². The van der Waals surface area contributed by atoms with E-state index in [0.717, 1.165) is 21.2 Å². The van der Waals surface area contributed by atoms with Gasteiger partial charge in [0.1, 0.15) is 11.3 Å². The van der Waals surface area contributed by atoms with Crippen LogP contribution in [0.25, 0.3) is 16.2 Å². The first kappa shape index (κ1) is 11.3. The topological polar surface area (TPSA) is 69.6 Å². The fraction of sp³-hybridized carbons (Fsp3) is 0.250. The molecule has 0 aliphatic rings. The Morgan fingerprint density at radius 3 is 2.72 bits per heavy atom. The fourth-order valence-electron chi connectivity index (χ4n) is 1.84. The Bertz CT molecular complexity index is 712. The van der Waals surface area contributed by atoms with Gasteiger partial charge in [0, 0.05) is 6.54 Å². The number of benzene rings is 1.